The number of aliphatic hydroxyl groups is 1. The van der Waals surface area contributed by atoms with Gasteiger partial charge in [0.25, 0.3) is 5.78 Å². The molecule has 0 radical (unpaired) electrons. The highest BCUT2D eigenvalue weighted by atomic mass is 35.5. The van der Waals surface area contributed by atoms with Crippen LogP contribution in [-0.2, 0) is 16.0 Å². The van der Waals surface area contributed by atoms with E-state index in [0.717, 1.165) is 16.0 Å². The number of para-hydroxylation sites is 1. The number of Topliss-reactive ketones (excluding diaryl/α,β-unsaturated/α-hetero) is 1. The fraction of sp³-hybridized carbons (Fsp3) is 0.121. The van der Waals surface area contributed by atoms with E-state index >= 15 is 0 Å². The maximum Gasteiger partial charge on any atom is 0.301 e. The van der Waals surface area contributed by atoms with Crippen LogP contribution in [0.5, 0.6) is 17.2 Å². The molecule has 0 bridgehead atoms. The number of aliphatic hydroxyl groups excluding tert-OH is 1. The van der Waals surface area contributed by atoms with E-state index in [0.29, 0.717) is 44.7 Å². The maximum atomic E-state index is 13.7. The third-order valence-corrected chi connectivity index (χ3v) is 8.56. The lowest BCUT2D eigenvalue weighted by molar-refractivity contribution is -0.132. The Morgan fingerprint density at radius 2 is 1.81 bits per heavy atom. The Balaban J connectivity index is 1.38. The molecule has 0 saturated carbocycles. The fourth-order valence-electron chi connectivity index (χ4n) is 5.43. The van der Waals surface area contributed by atoms with Crippen LogP contribution in [0.4, 0.5) is 5.13 Å². The molecule has 9 heteroatoms. The minimum atomic E-state index is -0.955. The normalized spacial score (nSPS) is 19.2. The van der Waals surface area contributed by atoms with Crippen molar-refractivity contribution in [2.45, 2.75) is 25.5 Å². The average molecular weight is 595 g/mol. The van der Waals surface area contributed by atoms with Crippen LogP contribution in [-0.4, -0.2) is 27.9 Å². The standard InChI is InChI=1S/C33H23ClN2O5S/c1-18-14-21-15-20(10-13-26(21)40-18)30(37)28-29(19-6-5-9-24(16-19)41-23-7-3-2-4-8-23)36(32(39)31(28)38)33-35-25-12-11-22(34)17-27(25)42-33/h2-13,15-18,29,37H,14H2,1H3/t18-,29-/m1/s1. The zero-order chi connectivity index (χ0) is 29.0. The Hall–Kier alpha value is -4.66. The van der Waals surface area contributed by atoms with Gasteiger partial charge in [0.15, 0.2) is 5.13 Å². The molecule has 42 heavy (non-hydrogen) atoms. The number of aromatic nitrogens is 1. The maximum absolute atomic E-state index is 13.7. The number of ether oxygens (including phenoxy) is 2. The molecule has 7 nitrogen and oxygen atoms in total. The summed E-state index contributed by atoms with van der Waals surface area (Å²) in [6.07, 6.45) is 0.698. The Morgan fingerprint density at radius 1 is 1.00 bits per heavy atom. The Morgan fingerprint density at radius 3 is 2.64 bits per heavy atom. The first-order chi connectivity index (χ1) is 20.4. The third kappa shape index (κ3) is 4.58. The Labute approximate surface area is 250 Å². The Bertz CT molecular complexity index is 1920. The quantitative estimate of drug-likeness (QED) is 0.127. The van der Waals surface area contributed by atoms with Gasteiger partial charge < -0.3 is 14.6 Å². The molecule has 1 aromatic heterocycles. The smallest absolute Gasteiger partial charge is 0.301 e. The van der Waals surface area contributed by atoms with E-state index in [1.165, 1.54) is 16.2 Å². The van der Waals surface area contributed by atoms with Crippen molar-refractivity contribution in [1.82, 2.24) is 4.98 Å². The fourth-order valence-corrected chi connectivity index (χ4v) is 6.70. The summed E-state index contributed by atoms with van der Waals surface area (Å²) in [6, 6.07) is 26.1. The Kier molecular flexibility index (Phi) is 6.45. The minimum absolute atomic E-state index is 0.0165. The number of carbonyl (C=O) groups excluding carboxylic acids is 2. The second kappa shape index (κ2) is 10.3. The predicted octanol–water partition coefficient (Wildman–Crippen LogP) is 7.69. The molecule has 208 valence electrons. The number of amides is 1. The summed E-state index contributed by atoms with van der Waals surface area (Å²) in [4.78, 5) is 33.4. The number of fused-ring (bicyclic) bond motifs is 2. The summed E-state index contributed by atoms with van der Waals surface area (Å²) < 4.78 is 12.6. The molecule has 4 aromatic carbocycles. The van der Waals surface area contributed by atoms with E-state index in [1.807, 2.05) is 43.3 Å². The van der Waals surface area contributed by atoms with Crippen LogP contribution in [0.1, 0.15) is 29.7 Å². The summed E-state index contributed by atoms with van der Waals surface area (Å²) in [7, 11) is 0. The molecule has 2 atom stereocenters. The predicted molar refractivity (Wildman–Crippen MR) is 163 cm³/mol. The highest BCUT2D eigenvalue weighted by Gasteiger charge is 2.48. The zero-order valence-corrected chi connectivity index (χ0v) is 23.9. The molecule has 2 aliphatic rings. The summed E-state index contributed by atoms with van der Waals surface area (Å²) in [5.74, 6) is 0.0653. The number of benzene rings is 4. The first-order valence-corrected chi connectivity index (χ1v) is 14.5. The van der Waals surface area contributed by atoms with E-state index < -0.39 is 17.7 Å². The highest BCUT2D eigenvalue weighted by molar-refractivity contribution is 7.22. The zero-order valence-electron chi connectivity index (χ0n) is 22.3. The van der Waals surface area contributed by atoms with Gasteiger partial charge in [-0.05, 0) is 78.7 Å². The van der Waals surface area contributed by atoms with E-state index in [2.05, 4.69) is 4.98 Å². The molecular formula is C33H23ClN2O5S. The number of hydrogen-bond acceptors (Lipinski definition) is 7. The molecule has 1 fully saturated rings. The van der Waals surface area contributed by atoms with Crippen molar-refractivity contribution < 1.29 is 24.2 Å². The summed E-state index contributed by atoms with van der Waals surface area (Å²) in [6.45, 7) is 1.97. The van der Waals surface area contributed by atoms with E-state index in [-0.39, 0.29) is 17.4 Å². The van der Waals surface area contributed by atoms with E-state index in [4.69, 9.17) is 21.1 Å². The lowest BCUT2D eigenvalue weighted by Gasteiger charge is -2.23. The van der Waals surface area contributed by atoms with E-state index in [9.17, 15) is 14.7 Å². The molecule has 5 aromatic rings. The first kappa shape index (κ1) is 26.3. The number of hydrogen-bond donors (Lipinski definition) is 1. The molecule has 1 saturated heterocycles. The molecule has 0 unspecified atom stereocenters. The van der Waals surface area contributed by atoms with Crippen molar-refractivity contribution >= 4 is 55.7 Å². The van der Waals surface area contributed by atoms with Crippen LogP contribution in [0.3, 0.4) is 0 Å². The van der Waals surface area contributed by atoms with Crippen LogP contribution >= 0.6 is 22.9 Å². The monoisotopic (exact) mass is 594 g/mol. The average Bonchev–Trinajstić information content (AvgIpc) is 3.65. The lowest BCUT2D eigenvalue weighted by Crippen LogP contribution is -2.29. The minimum Gasteiger partial charge on any atom is -0.507 e. The summed E-state index contributed by atoms with van der Waals surface area (Å²) >= 11 is 7.46. The lowest BCUT2D eigenvalue weighted by atomic mass is 9.94. The van der Waals surface area contributed by atoms with Crippen molar-refractivity contribution in [1.29, 1.82) is 0 Å². The van der Waals surface area contributed by atoms with Crippen molar-refractivity contribution in [3.8, 4) is 17.2 Å². The van der Waals surface area contributed by atoms with Gasteiger partial charge in [-0.3, -0.25) is 14.5 Å². The summed E-state index contributed by atoms with van der Waals surface area (Å²) in [5.41, 5.74) is 2.57. The van der Waals surface area contributed by atoms with Crippen molar-refractivity contribution in [2.24, 2.45) is 0 Å². The summed E-state index contributed by atoms with van der Waals surface area (Å²) in [5, 5.41) is 12.5. The van der Waals surface area contributed by atoms with Gasteiger partial charge in [-0.2, -0.15) is 0 Å². The second-order valence-electron chi connectivity index (χ2n) is 10.2. The number of nitrogens with zero attached hydrogens (tertiary/aromatic N) is 2. The molecule has 7 rings (SSSR count). The van der Waals surface area contributed by atoms with Crippen LogP contribution < -0.4 is 14.4 Å². The van der Waals surface area contributed by atoms with Gasteiger partial charge in [0.2, 0.25) is 0 Å². The van der Waals surface area contributed by atoms with Crippen molar-refractivity contribution in [3.63, 3.8) is 0 Å². The number of rotatable bonds is 5. The molecule has 0 aliphatic carbocycles. The highest BCUT2D eigenvalue weighted by Crippen LogP contribution is 2.45. The van der Waals surface area contributed by atoms with Gasteiger partial charge in [0.05, 0.1) is 21.8 Å². The van der Waals surface area contributed by atoms with Crippen LogP contribution in [0.2, 0.25) is 5.02 Å². The SMILES string of the molecule is C[C@@H]1Cc2cc(C(O)=C3C(=O)C(=O)N(c4nc5ccc(Cl)cc5s4)[C@@H]3c3cccc(Oc4ccccc4)c3)ccc2O1. The molecule has 1 N–H and O–H groups in total. The van der Waals surface area contributed by atoms with E-state index in [1.54, 1.807) is 54.6 Å². The van der Waals surface area contributed by atoms with Crippen molar-refractivity contribution in [2.75, 3.05) is 4.90 Å². The number of thiazole rings is 1. The second-order valence-corrected chi connectivity index (χ2v) is 11.7. The molecule has 0 spiro atoms. The van der Waals surface area contributed by atoms with Gasteiger partial charge in [0.1, 0.15) is 29.1 Å². The number of halogens is 1. The molecule has 3 heterocycles. The molecule has 2 aliphatic heterocycles. The van der Waals surface area contributed by atoms with Crippen LogP contribution in [0.25, 0.3) is 16.0 Å². The van der Waals surface area contributed by atoms with Gasteiger partial charge >= 0.3 is 5.91 Å². The largest absolute Gasteiger partial charge is 0.507 e. The van der Waals surface area contributed by atoms with Gasteiger partial charge in [-0.15, -0.1) is 0 Å². The molecule has 1 amide bonds. The van der Waals surface area contributed by atoms with Gasteiger partial charge in [0, 0.05) is 17.0 Å². The number of ketones is 1. The van der Waals surface area contributed by atoms with Gasteiger partial charge in [-0.25, -0.2) is 4.98 Å². The van der Waals surface area contributed by atoms with Crippen molar-refractivity contribution in [3.05, 3.63) is 118 Å². The number of carbonyl (C=O) groups is 2. The topological polar surface area (TPSA) is 89.0 Å². The molecular weight excluding hydrogens is 572 g/mol. The van der Waals surface area contributed by atoms with Crippen LogP contribution in [0.15, 0.2) is 96.6 Å². The third-order valence-electron chi connectivity index (χ3n) is 7.31. The number of anilines is 1. The van der Waals surface area contributed by atoms with Crippen LogP contribution in [0, 0.1) is 0 Å². The first-order valence-electron chi connectivity index (χ1n) is 13.4. The van der Waals surface area contributed by atoms with Gasteiger partial charge in [-0.1, -0.05) is 53.3 Å².